The van der Waals surface area contributed by atoms with Gasteiger partial charge in [0.15, 0.2) is 29.0 Å². The zero-order valence-corrected chi connectivity index (χ0v) is 23.8. The third kappa shape index (κ3) is 5.04. The first-order valence-corrected chi connectivity index (χ1v) is 13.8. The summed E-state index contributed by atoms with van der Waals surface area (Å²) in [5.74, 6) is -1.23. The summed E-state index contributed by atoms with van der Waals surface area (Å²) in [5, 5.41) is 20.2. The second-order valence-corrected chi connectivity index (χ2v) is 10.6. The van der Waals surface area contributed by atoms with E-state index in [2.05, 4.69) is 0 Å². The highest BCUT2D eigenvalue weighted by atomic mass is 16.7. The molecular formula is C32H31NO10. The summed E-state index contributed by atoms with van der Waals surface area (Å²) in [4.78, 5) is 30.9. The van der Waals surface area contributed by atoms with Crippen molar-refractivity contribution in [2.75, 3.05) is 34.7 Å². The quantitative estimate of drug-likeness (QED) is 0.295. The van der Waals surface area contributed by atoms with E-state index in [-0.39, 0.29) is 54.7 Å². The van der Waals surface area contributed by atoms with Crippen LogP contribution in [0.5, 0.6) is 34.5 Å². The van der Waals surface area contributed by atoms with Crippen molar-refractivity contribution in [1.82, 2.24) is 0 Å². The molecule has 5 atom stereocenters. The number of fused-ring (bicyclic) bond motifs is 3. The van der Waals surface area contributed by atoms with E-state index in [0.29, 0.717) is 17.1 Å². The van der Waals surface area contributed by atoms with Crippen LogP contribution in [-0.2, 0) is 25.5 Å². The van der Waals surface area contributed by atoms with Crippen molar-refractivity contribution in [1.29, 1.82) is 0 Å². The number of ether oxygens (including phenoxy) is 6. The minimum atomic E-state index is -0.855. The van der Waals surface area contributed by atoms with Crippen LogP contribution < -0.4 is 18.9 Å². The molecule has 0 spiro atoms. The van der Waals surface area contributed by atoms with E-state index >= 15 is 0 Å². The molecule has 0 amide bonds. The fraction of sp³-hybridized carbons (Fsp3) is 0.344. The van der Waals surface area contributed by atoms with Gasteiger partial charge in [-0.05, 0) is 58.7 Å². The molecule has 0 aromatic heterocycles. The van der Waals surface area contributed by atoms with Crippen LogP contribution in [0.25, 0.3) is 0 Å². The van der Waals surface area contributed by atoms with Gasteiger partial charge >= 0.3 is 11.9 Å². The van der Waals surface area contributed by atoms with E-state index in [0.717, 1.165) is 16.7 Å². The molecule has 0 saturated carbocycles. The van der Waals surface area contributed by atoms with Crippen molar-refractivity contribution < 1.29 is 48.2 Å². The highest BCUT2D eigenvalue weighted by Gasteiger charge is 2.52. The lowest BCUT2D eigenvalue weighted by atomic mass is 9.63. The molecule has 3 aliphatic rings. The molecule has 2 heterocycles. The molecule has 2 aliphatic heterocycles. The monoisotopic (exact) mass is 589 g/mol. The zero-order chi connectivity index (χ0) is 30.2. The van der Waals surface area contributed by atoms with Gasteiger partial charge in [0, 0.05) is 30.4 Å². The van der Waals surface area contributed by atoms with Gasteiger partial charge in [0.2, 0.25) is 12.5 Å². The highest BCUT2D eigenvalue weighted by molar-refractivity contribution is 5.84. The molecule has 43 heavy (non-hydrogen) atoms. The van der Waals surface area contributed by atoms with Crippen molar-refractivity contribution in [3.63, 3.8) is 0 Å². The van der Waals surface area contributed by atoms with Gasteiger partial charge in [-0.15, -0.1) is 0 Å². The number of rotatable bonds is 8. The number of carbonyl (C=O) groups is 2. The first kappa shape index (κ1) is 28.2. The summed E-state index contributed by atoms with van der Waals surface area (Å²) < 4.78 is 33.0. The Balaban J connectivity index is 1.47. The molecule has 11 nitrogen and oxygen atoms in total. The number of hydrogen-bond acceptors (Lipinski definition) is 11. The molecule has 6 rings (SSSR count). The Bertz CT molecular complexity index is 1560. The second kappa shape index (κ2) is 11.4. The van der Waals surface area contributed by atoms with Crippen LogP contribution in [0.3, 0.4) is 0 Å². The van der Waals surface area contributed by atoms with Gasteiger partial charge in [0.1, 0.15) is 5.75 Å². The number of cyclic esters (lactones) is 1. The molecule has 11 heteroatoms. The predicted octanol–water partition coefficient (Wildman–Crippen LogP) is 3.72. The number of hydrogen-bond donors (Lipinski definition) is 2. The van der Waals surface area contributed by atoms with Crippen LogP contribution in [0, 0.1) is 11.8 Å². The fourth-order valence-corrected chi connectivity index (χ4v) is 6.27. The average molecular weight is 590 g/mol. The SMILES string of the molecule is COC(=O)[C@H](Cc1ccc(O)cc1)N=C[C@@H]1c2cc3c(cc2[C@@H](c2cc(OC)c(O)c(OC)c2)[C@H]2C(=O)OC[C@@H]21)OCO3. The first-order chi connectivity index (χ1) is 20.8. The molecule has 1 saturated heterocycles. The molecule has 0 radical (unpaired) electrons. The van der Waals surface area contributed by atoms with E-state index in [1.54, 1.807) is 42.6 Å². The van der Waals surface area contributed by atoms with Gasteiger partial charge in [-0.3, -0.25) is 9.79 Å². The van der Waals surface area contributed by atoms with Crippen LogP contribution in [-0.4, -0.2) is 69.1 Å². The lowest BCUT2D eigenvalue weighted by Gasteiger charge is -2.38. The van der Waals surface area contributed by atoms with E-state index in [1.165, 1.54) is 21.3 Å². The molecular weight excluding hydrogens is 558 g/mol. The van der Waals surface area contributed by atoms with Crippen molar-refractivity contribution in [3.05, 3.63) is 70.8 Å². The zero-order valence-electron chi connectivity index (χ0n) is 23.8. The summed E-state index contributed by atoms with van der Waals surface area (Å²) in [7, 11) is 4.20. The van der Waals surface area contributed by atoms with Crippen LogP contribution in [0.4, 0.5) is 0 Å². The van der Waals surface area contributed by atoms with Gasteiger partial charge in [-0.2, -0.15) is 0 Å². The van der Waals surface area contributed by atoms with Gasteiger partial charge < -0.3 is 38.6 Å². The Morgan fingerprint density at radius 1 is 0.977 bits per heavy atom. The molecule has 224 valence electrons. The van der Waals surface area contributed by atoms with Crippen LogP contribution in [0.2, 0.25) is 0 Å². The number of aliphatic imine (C=N–C) groups is 1. The van der Waals surface area contributed by atoms with Crippen molar-refractivity contribution >= 4 is 18.2 Å². The Morgan fingerprint density at radius 3 is 2.26 bits per heavy atom. The van der Waals surface area contributed by atoms with E-state index in [9.17, 15) is 19.8 Å². The summed E-state index contributed by atoms with van der Waals surface area (Å²) in [6.07, 6.45) is 1.96. The number of phenolic OH excluding ortho intramolecular Hbond substituents is 2. The van der Waals surface area contributed by atoms with Gasteiger partial charge in [-0.1, -0.05) is 12.1 Å². The van der Waals surface area contributed by atoms with E-state index in [4.69, 9.17) is 33.4 Å². The first-order valence-electron chi connectivity index (χ1n) is 13.8. The molecule has 3 aromatic carbocycles. The Kier molecular flexibility index (Phi) is 7.47. The lowest BCUT2D eigenvalue weighted by Crippen LogP contribution is -2.36. The molecule has 2 N–H and O–H groups in total. The molecule has 0 unspecified atom stereocenters. The highest BCUT2D eigenvalue weighted by Crippen LogP contribution is 2.55. The van der Waals surface area contributed by atoms with Gasteiger partial charge in [0.05, 0.1) is 33.9 Å². The summed E-state index contributed by atoms with van der Waals surface area (Å²) >= 11 is 0. The number of esters is 2. The van der Waals surface area contributed by atoms with Crippen molar-refractivity contribution in [3.8, 4) is 34.5 Å². The smallest absolute Gasteiger partial charge is 0.330 e. The van der Waals surface area contributed by atoms with Crippen molar-refractivity contribution in [2.24, 2.45) is 16.8 Å². The molecule has 0 bridgehead atoms. The maximum absolute atomic E-state index is 13.4. The summed E-state index contributed by atoms with van der Waals surface area (Å²) in [6, 6.07) is 12.8. The number of phenols is 2. The van der Waals surface area contributed by atoms with Gasteiger partial charge in [-0.25, -0.2) is 4.79 Å². The van der Waals surface area contributed by atoms with Crippen LogP contribution in [0.1, 0.15) is 34.1 Å². The maximum Gasteiger partial charge on any atom is 0.330 e. The van der Waals surface area contributed by atoms with Crippen molar-refractivity contribution in [2.45, 2.75) is 24.3 Å². The number of carbonyl (C=O) groups excluding carboxylic acids is 2. The molecule has 1 fully saturated rings. The standard InChI is InChI=1S/C32H31NO10/c1-38-26-9-17(10-27(39-2)30(26)35)28-20-12-25-24(42-15-43-25)11-19(20)21(22-14-41-32(37)29(22)28)13-33-23(31(36)40-3)8-16-4-6-18(34)7-5-16/h4-7,9-13,21-23,28-29,34-35H,8,14-15H2,1-3H3/t21-,22-,23+,28-,29+/m1/s1. The van der Waals surface area contributed by atoms with E-state index < -0.39 is 29.8 Å². The fourth-order valence-electron chi connectivity index (χ4n) is 6.27. The Morgan fingerprint density at radius 2 is 1.63 bits per heavy atom. The molecule has 1 aliphatic carbocycles. The number of nitrogens with zero attached hydrogens (tertiary/aromatic N) is 1. The minimum absolute atomic E-state index is 0.0639. The largest absolute Gasteiger partial charge is 0.508 e. The maximum atomic E-state index is 13.4. The molecule has 3 aromatic rings. The normalized spacial score (nSPS) is 22.4. The predicted molar refractivity (Wildman–Crippen MR) is 152 cm³/mol. The third-order valence-electron chi connectivity index (χ3n) is 8.37. The Labute approximate surface area is 247 Å². The number of benzene rings is 3. The topological polar surface area (TPSA) is 142 Å². The summed E-state index contributed by atoms with van der Waals surface area (Å²) in [5.41, 5.74) is 3.13. The van der Waals surface area contributed by atoms with Crippen LogP contribution in [0.15, 0.2) is 53.5 Å². The Hall–Kier alpha value is -4.93. The minimum Gasteiger partial charge on any atom is -0.508 e. The third-order valence-corrected chi connectivity index (χ3v) is 8.37. The van der Waals surface area contributed by atoms with Crippen LogP contribution >= 0.6 is 0 Å². The van der Waals surface area contributed by atoms with E-state index in [1.807, 2.05) is 12.1 Å². The second-order valence-electron chi connectivity index (χ2n) is 10.6. The average Bonchev–Trinajstić information content (AvgIpc) is 3.64. The lowest BCUT2D eigenvalue weighted by molar-refractivity contribution is -0.142. The summed E-state index contributed by atoms with van der Waals surface area (Å²) in [6.45, 7) is 0.215. The number of methoxy groups -OCH3 is 3. The number of aromatic hydroxyl groups is 2. The van der Waals surface area contributed by atoms with Gasteiger partial charge in [0.25, 0.3) is 0 Å².